The van der Waals surface area contributed by atoms with Crippen LogP contribution < -0.4 is 10.6 Å². The predicted molar refractivity (Wildman–Crippen MR) is 67.8 cm³/mol. The first-order valence-electron chi connectivity index (χ1n) is 5.65. The van der Waals surface area contributed by atoms with Crippen LogP contribution in [-0.2, 0) is 4.79 Å². The van der Waals surface area contributed by atoms with E-state index in [1.54, 1.807) is 6.92 Å². The van der Waals surface area contributed by atoms with Gasteiger partial charge in [0.2, 0.25) is 5.13 Å². The van der Waals surface area contributed by atoms with E-state index in [9.17, 15) is 9.59 Å². The number of carboxylic acids is 1. The summed E-state index contributed by atoms with van der Waals surface area (Å²) in [6.07, 6.45) is 2.35. The summed E-state index contributed by atoms with van der Waals surface area (Å²) in [6.45, 7) is 2.27. The molecule has 1 heterocycles. The molecule has 0 aliphatic rings. The van der Waals surface area contributed by atoms with E-state index in [2.05, 4.69) is 20.0 Å². The zero-order valence-electron chi connectivity index (χ0n) is 10.1. The molecule has 0 aromatic carbocycles. The quantitative estimate of drug-likeness (QED) is 0.654. The Labute approximate surface area is 109 Å². The number of aliphatic carboxylic acids is 1. The molecule has 0 saturated carbocycles. The van der Waals surface area contributed by atoms with Crippen molar-refractivity contribution in [1.82, 2.24) is 14.7 Å². The first kappa shape index (κ1) is 14.4. The van der Waals surface area contributed by atoms with E-state index in [0.717, 1.165) is 24.4 Å². The molecule has 0 unspecified atom stereocenters. The molecule has 0 spiro atoms. The third-order valence-corrected chi connectivity index (χ3v) is 2.82. The number of nitrogens with zero attached hydrogens (tertiary/aromatic N) is 2. The number of nitrogens with one attached hydrogen (secondary N) is 2. The van der Waals surface area contributed by atoms with Crippen LogP contribution in [0.5, 0.6) is 0 Å². The fourth-order valence-corrected chi connectivity index (χ4v) is 1.84. The molecule has 1 rings (SSSR count). The minimum Gasteiger partial charge on any atom is -0.481 e. The van der Waals surface area contributed by atoms with E-state index in [0.29, 0.717) is 23.9 Å². The van der Waals surface area contributed by atoms with Gasteiger partial charge < -0.3 is 10.4 Å². The Morgan fingerprint density at radius 1 is 1.33 bits per heavy atom. The average molecular weight is 272 g/mol. The summed E-state index contributed by atoms with van der Waals surface area (Å²) in [7, 11) is 0. The molecule has 3 N–H and O–H groups in total. The van der Waals surface area contributed by atoms with Crippen molar-refractivity contribution < 1.29 is 14.7 Å². The molecule has 0 aliphatic heterocycles. The Bertz CT molecular complexity index is 408. The lowest BCUT2D eigenvalue weighted by molar-refractivity contribution is -0.137. The highest BCUT2D eigenvalue weighted by Crippen LogP contribution is 2.09. The number of carbonyl (C=O) groups is 2. The first-order chi connectivity index (χ1) is 8.58. The van der Waals surface area contributed by atoms with Crippen LogP contribution in [0.4, 0.5) is 9.93 Å². The molecule has 2 amide bonds. The lowest BCUT2D eigenvalue weighted by Gasteiger charge is -2.04. The summed E-state index contributed by atoms with van der Waals surface area (Å²) in [4.78, 5) is 25.6. The van der Waals surface area contributed by atoms with Gasteiger partial charge in [-0.1, -0.05) is 6.42 Å². The van der Waals surface area contributed by atoms with Crippen LogP contribution in [0.1, 0.15) is 31.5 Å². The van der Waals surface area contributed by atoms with Crippen molar-refractivity contribution >= 4 is 28.7 Å². The number of aromatic nitrogens is 2. The monoisotopic (exact) mass is 272 g/mol. The van der Waals surface area contributed by atoms with Crippen molar-refractivity contribution in [1.29, 1.82) is 0 Å². The van der Waals surface area contributed by atoms with E-state index in [1.807, 2.05) is 0 Å². The second-order valence-electron chi connectivity index (χ2n) is 3.73. The third kappa shape index (κ3) is 6.14. The molecule has 0 aliphatic carbocycles. The van der Waals surface area contributed by atoms with Crippen molar-refractivity contribution in [2.24, 2.45) is 0 Å². The van der Waals surface area contributed by atoms with Gasteiger partial charge in [-0.3, -0.25) is 10.1 Å². The van der Waals surface area contributed by atoms with Gasteiger partial charge in [-0.15, -0.1) is 0 Å². The summed E-state index contributed by atoms with van der Waals surface area (Å²) in [5.74, 6) is -0.156. The largest absolute Gasteiger partial charge is 0.481 e. The maximum atomic E-state index is 11.4. The number of carboxylic acid groups (broad SMARTS) is 1. The Kier molecular flexibility index (Phi) is 6.06. The van der Waals surface area contributed by atoms with E-state index in [-0.39, 0.29) is 12.5 Å². The van der Waals surface area contributed by atoms with Crippen molar-refractivity contribution in [3.05, 3.63) is 5.82 Å². The lowest BCUT2D eigenvalue weighted by atomic mass is 10.2. The predicted octanol–water partition coefficient (Wildman–Crippen LogP) is 1.61. The minimum atomic E-state index is -0.785. The van der Waals surface area contributed by atoms with Crippen LogP contribution in [0.25, 0.3) is 0 Å². The van der Waals surface area contributed by atoms with Gasteiger partial charge in [-0.25, -0.2) is 9.78 Å². The first-order valence-corrected chi connectivity index (χ1v) is 6.42. The highest BCUT2D eigenvalue weighted by Gasteiger charge is 2.04. The van der Waals surface area contributed by atoms with E-state index in [1.165, 1.54) is 0 Å². The number of carbonyl (C=O) groups excluding carboxylic acids is 1. The molecule has 1 aromatic rings. The van der Waals surface area contributed by atoms with Gasteiger partial charge in [-0.05, 0) is 19.8 Å². The molecule has 0 bridgehead atoms. The zero-order chi connectivity index (χ0) is 13.4. The number of amides is 2. The Hall–Kier alpha value is -1.70. The number of unbranched alkanes of at least 4 members (excludes halogenated alkanes) is 2. The molecular formula is C10H16N4O3S. The third-order valence-electron chi connectivity index (χ3n) is 2.10. The number of rotatable bonds is 7. The molecule has 8 heteroatoms. The molecule has 0 fully saturated rings. The van der Waals surface area contributed by atoms with E-state index in [4.69, 9.17) is 5.11 Å². The van der Waals surface area contributed by atoms with Gasteiger partial charge in [-0.2, -0.15) is 4.37 Å². The van der Waals surface area contributed by atoms with Crippen LogP contribution >= 0.6 is 11.5 Å². The second kappa shape index (κ2) is 7.59. The molecule has 1 aromatic heterocycles. The smallest absolute Gasteiger partial charge is 0.321 e. The summed E-state index contributed by atoms with van der Waals surface area (Å²) in [6, 6.07) is -0.315. The van der Waals surface area contributed by atoms with Gasteiger partial charge in [0.25, 0.3) is 0 Å². The van der Waals surface area contributed by atoms with E-state index >= 15 is 0 Å². The summed E-state index contributed by atoms with van der Waals surface area (Å²) in [5, 5.41) is 14.1. The van der Waals surface area contributed by atoms with Crippen LogP contribution in [0.3, 0.4) is 0 Å². The number of aryl methyl sites for hydroxylation is 1. The molecule has 0 saturated heterocycles. The lowest BCUT2D eigenvalue weighted by Crippen LogP contribution is -2.29. The highest BCUT2D eigenvalue weighted by atomic mass is 32.1. The topological polar surface area (TPSA) is 104 Å². The van der Waals surface area contributed by atoms with Crippen molar-refractivity contribution in [3.63, 3.8) is 0 Å². The number of hydrogen-bond donors (Lipinski definition) is 3. The molecule has 7 nitrogen and oxygen atoms in total. The Morgan fingerprint density at radius 3 is 2.72 bits per heavy atom. The number of urea groups is 1. The summed E-state index contributed by atoms with van der Waals surface area (Å²) < 4.78 is 3.94. The van der Waals surface area contributed by atoms with Gasteiger partial charge in [0.1, 0.15) is 5.82 Å². The van der Waals surface area contributed by atoms with E-state index < -0.39 is 5.97 Å². The SMILES string of the molecule is Cc1nsc(NC(=O)NCCCCCC(=O)O)n1. The fourth-order valence-electron chi connectivity index (χ4n) is 1.27. The maximum Gasteiger partial charge on any atom is 0.321 e. The normalized spacial score (nSPS) is 10.1. The maximum absolute atomic E-state index is 11.4. The molecule has 0 radical (unpaired) electrons. The summed E-state index contributed by atoms with van der Waals surface area (Å²) in [5.41, 5.74) is 0. The summed E-state index contributed by atoms with van der Waals surface area (Å²) >= 11 is 1.13. The minimum absolute atomic E-state index is 0.177. The van der Waals surface area contributed by atoms with Crippen molar-refractivity contribution in [2.45, 2.75) is 32.6 Å². The van der Waals surface area contributed by atoms with Crippen LogP contribution in [0.2, 0.25) is 0 Å². The molecule has 18 heavy (non-hydrogen) atoms. The number of hydrogen-bond acceptors (Lipinski definition) is 5. The highest BCUT2D eigenvalue weighted by molar-refractivity contribution is 7.09. The fraction of sp³-hybridized carbons (Fsp3) is 0.600. The van der Waals surface area contributed by atoms with Gasteiger partial charge in [0.05, 0.1) is 0 Å². The van der Waals surface area contributed by atoms with Gasteiger partial charge in [0, 0.05) is 24.5 Å². The van der Waals surface area contributed by atoms with Gasteiger partial charge in [0.15, 0.2) is 0 Å². The molecule has 0 atom stereocenters. The number of anilines is 1. The average Bonchev–Trinajstić information content (AvgIpc) is 2.68. The molecule has 100 valence electrons. The van der Waals surface area contributed by atoms with Crippen LogP contribution in [-0.4, -0.2) is 33.0 Å². The zero-order valence-corrected chi connectivity index (χ0v) is 10.9. The molecular weight excluding hydrogens is 256 g/mol. The standard InChI is InChI=1S/C10H16N4O3S/c1-7-12-10(18-14-7)13-9(17)11-6-4-2-3-5-8(15)16/h2-6H2,1H3,(H,15,16)(H2,11,12,13,14,17). The van der Waals surface area contributed by atoms with Crippen molar-refractivity contribution in [2.75, 3.05) is 11.9 Å². The second-order valence-corrected chi connectivity index (χ2v) is 4.48. The van der Waals surface area contributed by atoms with Crippen LogP contribution in [0.15, 0.2) is 0 Å². The van der Waals surface area contributed by atoms with Crippen molar-refractivity contribution in [3.8, 4) is 0 Å². The van der Waals surface area contributed by atoms with Gasteiger partial charge >= 0.3 is 12.0 Å². The Balaban J connectivity index is 2.05. The Morgan fingerprint density at radius 2 is 2.11 bits per heavy atom. The van der Waals surface area contributed by atoms with Crippen LogP contribution in [0, 0.1) is 6.92 Å².